The molecule has 1 aromatic carbocycles. The van der Waals surface area contributed by atoms with Gasteiger partial charge in [0.2, 0.25) is 10.0 Å². The molecule has 1 fully saturated rings. The average Bonchev–Trinajstić information content (AvgIpc) is 2.38. The van der Waals surface area contributed by atoms with Gasteiger partial charge in [-0.2, -0.15) is 4.31 Å². The second kappa shape index (κ2) is 6.03. The monoisotopic (exact) mass is 282 g/mol. The molecule has 1 aliphatic heterocycles. The minimum atomic E-state index is -3.29. The largest absolute Gasteiger partial charge is 0.329 e. The number of nitrogens with zero attached hydrogens (tertiary/aromatic N) is 1. The molecule has 0 bridgehead atoms. The maximum absolute atomic E-state index is 12.6. The van der Waals surface area contributed by atoms with Crippen LogP contribution >= 0.6 is 0 Å². The second-order valence-corrected chi connectivity index (χ2v) is 7.12. The zero-order chi connectivity index (χ0) is 13.9. The minimum absolute atomic E-state index is 0.0440. The Morgan fingerprint density at radius 2 is 1.95 bits per heavy atom. The van der Waals surface area contributed by atoms with E-state index in [4.69, 9.17) is 5.73 Å². The highest BCUT2D eigenvalue weighted by Gasteiger charge is 2.35. The van der Waals surface area contributed by atoms with Crippen molar-refractivity contribution < 1.29 is 8.42 Å². The van der Waals surface area contributed by atoms with Gasteiger partial charge in [-0.15, -0.1) is 0 Å². The normalized spacial score (nSPS) is 25.4. The summed E-state index contributed by atoms with van der Waals surface area (Å²) in [5, 5.41) is 0. The van der Waals surface area contributed by atoms with Gasteiger partial charge in [-0.25, -0.2) is 8.42 Å². The fourth-order valence-corrected chi connectivity index (χ4v) is 4.91. The van der Waals surface area contributed by atoms with Gasteiger partial charge in [-0.05, 0) is 25.3 Å². The van der Waals surface area contributed by atoms with Crippen LogP contribution in [0.25, 0.3) is 0 Å². The topological polar surface area (TPSA) is 63.4 Å². The summed E-state index contributed by atoms with van der Waals surface area (Å²) >= 11 is 0. The molecule has 19 heavy (non-hydrogen) atoms. The Balaban J connectivity index is 2.22. The molecule has 0 amide bonds. The summed E-state index contributed by atoms with van der Waals surface area (Å²) in [5.74, 6) is 0.0642. The van der Waals surface area contributed by atoms with Crippen LogP contribution < -0.4 is 5.73 Å². The predicted molar refractivity (Wildman–Crippen MR) is 77.1 cm³/mol. The van der Waals surface area contributed by atoms with E-state index in [0.29, 0.717) is 6.54 Å². The van der Waals surface area contributed by atoms with Crippen molar-refractivity contribution in [3.05, 3.63) is 35.9 Å². The van der Waals surface area contributed by atoms with E-state index in [-0.39, 0.29) is 17.8 Å². The first-order valence-electron chi connectivity index (χ1n) is 6.80. The number of hydrogen-bond donors (Lipinski definition) is 1. The number of sulfonamides is 1. The van der Waals surface area contributed by atoms with E-state index >= 15 is 0 Å². The van der Waals surface area contributed by atoms with Gasteiger partial charge in [0.25, 0.3) is 0 Å². The van der Waals surface area contributed by atoms with Crippen LogP contribution in [0.3, 0.4) is 0 Å². The summed E-state index contributed by atoms with van der Waals surface area (Å²) in [5.41, 5.74) is 6.57. The summed E-state index contributed by atoms with van der Waals surface area (Å²) in [6, 6.07) is 9.33. The fourth-order valence-electron chi connectivity index (χ4n) is 2.85. The van der Waals surface area contributed by atoms with E-state index in [0.717, 1.165) is 24.8 Å². The van der Waals surface area contributed by atoms with Crippen molar-refractivity contribution in [2.45, 2.75) is 44.0 Å². The quantitative estimate of drug-likeness (QED) is 0.914. The Labute approximate surface area is 115 Å². The fraction of sp³-hybridized carbons (Fsp3) is 0.571. The molecule has 1 heterocycles. The van der Waals surface area contributed by atoms with Gasteiger partial charge >= 0.3 is 0 Å². The number of nitrogens with two attached hydrogens (primary N) is 1. The van der Waals surface area contributed by atoms with Gasteiger partial charge in [-0.1, -0.05) is 36.8 Å². The Kier molecular flexibility index (Phi) is 4.60. The Bertz CT molecular complexity index is 501. The van der Waals surface area contributed by atoms with Crippen LogP contribution in [0.2, 0.25) is 0 Å². The van der Waals surface area contributed by atoms with E-state index in [1.807, 2.05) is 37.3 Å². The number of benzene rings is 1. The lowest BCUT2D eigenvalue weighted by molar-refractivity contribution is 0.195. The third-order valence-electron chi connectivity index (χ3n) is 3.74. The molecular formula is C14H22N2O2S. The SMILES string of the molecule is CC1CCCC(CN)N1S(=O)(=O)Cc1ccccc1. The van der Waals surface area contributed by atoms with Crippen LogP contribution in [0.1, 0.15) is 31.7 Å². The predicted octanol–water partition coefficient (Wildman–Crippen LogP) is 1.72. The Morgan fingerprint density at radius 1 is 1.26 bits per heavy atom. The molecule has 1 saturated heterocycles. The lowest BCUT2D eigenvalue weighted by Gasteiger charge is -2.39. The molecule has 1 aliphatic rings. The van der Waals surface area contributed by atoms with Crippen molar-refractivity contribution in [1.29, 1.82) is 0 Å². The summed E-state index contributed by atoms with van der Waals surface area (Å²) in [6.45, 7) is 2.38. The van der Waals surface area contributed by atoms with Crippen LogP contribution in [0.5, 0.6) is 0 Å². The second-order valence-electron chi connectivity index (χ2n) is 5.24. The van der Waals surface area contributed by atoms with Gasteiger partial charge < -0.3 is 5.73 Å². The molecule has 4 nitrogen and oxygen atoms in total. The molecule has 2 N–H and O–H groups in total. The van der Waals surface area contributed by atoms with Gasteiger partial charge in [0.1, 0.15) is 0 Å². The standard InChI is InChI=1S/C14H22N2O2S/c1-12-6-5-9-14(10-15)16(12)19(17,18)11-13-7-3-2-4-8-13/h2-4,7-8,12,14H,5-6,9-11,15H2,1H3. The van der Waals surface area contributed by atoms with Gasteiger partial charge in [-0.3, -0.25) is 0 Å². The Morgan fingerprint density at radius 3 is 2.58 bits per heavy atom. The third kappa shape index (κ3) is 3.35. The summed E-state index contributed by atoms with van der Waals surface area (Å²) in [4.78, 5) is 0. The number of piperidine rings is 1. The van der Waals surface area contributed by atoms with E-state index < -0.39 is 10.0 Å². The molecule has 106 valence electrons. The van der Waals surface area contributed by atoms with Crippen molar-refractivity contribution in [2.75, 3.05) is 6.54 Å². The maximum Gasteiger partial charge on any atom is 0.218 e. The lowest BCUT2D eigenvalue weighted by atomic mass is 10.00. The average molecular weight is 282 g/mol. The smallest absolute Gasteiger partial charge is 0.218 e. The molecule has 2 atom stereocenters. The maximum atomic E-state index is 12.6. The van der Waals surface area contributed by atoms with Gasteiger partial charge in [0.05, 0.1) is 5.75 Å². The highest BCUT2D eigenvalue weighted by molar-refractivity contribution is 7.88. The first-order valence-corrected chi connectivity index (χ1v) is 8.40. The van der Waals surface area contributed by atoms with E-state index in [1.54, 1.807) is 4.31 Å². The van der Waals surface area contributed by atoms with Crippen molar-refractivity contribution in [1.82, 2.24) is 4.31 Å². The highest BCUT2D eigenvalue weighted by atomic mass is 32.2. The first kappa shape index (κ1) is 14.5. The first-order chi connectivity index (χ1) is 9.04. The van der Waals surface area contributed by atoms with Crippen molar-refractivity contribution in [2.24, 2.45) is 5.73 Å². The molecule has 1 aromatic rings. The molecule has 2 rings (SSSR count). The molecule has 0 radical (unpaired) electrons. The van der Waals surface area contributed by atoms with Gasteiger partial charge in [0, 0.05) is 18.6 Å². The lowest BCUT2D eigenvalue weighted by Crippen LogP contribution is -2.52. The molecular weight excluding hydrogens is 260 g/mol. The Hall–Kier alpha value is -0.910. The van der Waals surface area contributed by atoms with Crippen molar-refractivity contribution in [3.8, 4) is 0 Å². The molecule has 0 saturated carbocycles. The van der Waals surface area contributed by atoms with E-state index in [1.165, 1.54) is 0 Å². The molecule has 0 spiro atoms. The van der Waals surface area contributed by atoms with Gasteiger partial charge in [0.15, 0.2) is 0 Å². The molecule has 2 unspecified atom stereocenters. The van der Waals surface area contributed by atoms with Crippen LogP contribution in [-0.4, -0.2) is 31.4 Å². The molecule has 5 heteroatoms. The van der Waals surface area contributed by atoms with Crippen LogP contribution in [0, 0.1) is 0 Å². The van der Waals surface area contributed by atoms with Crippen LogP contribution in [0.15, 0.2) is 30.3 Å². The molecule has 0 aliphatic carbocycles. The number of hydrogen-bond acceptors (Lipinski definition) is 3. The summed E-state index contributed by atoms with van der Waals surface area (Å²) in [7, 11) is -3.29. The van der Waals surface area contributed by atoms with Crippen molar-refractivity contribution in [3.63, 3.8) is 0 Å². The zero-order valence-corrected chi connectivity index (χ0v) is 12.1. The van der Waals surface area contributed by atoms with Crippen molar-refractivity contribution >= 4 is 10.0 Å². The number of rotatable bonds is 4. The minimum Gasteiger partial charge on any atom is -0.329 e. The summed E-state index contributed by atoms with van der Waals surface area (Å²) in [6.07, 6.45) is 2.85. The van der Waals surface area contributed by atoms with Crippen LogP contribution in [0.4, 0.5) is 0 Å². The van der Waals surface area contributed by atoms with E-state index in [9.17, 15) is 8.42 Å². The molecule has 0 aromatic heterocycles. The summed E-state index contributed by atoms with van der Waals surface area (Å²) < 4.78 is 26.9. The zero-order valence-electron chi connectivity index (χ0n) is 11.3. The van der Waals surface area contributed by atoms with Crippen LogP contribution in [-0.2, 0) is 15.8 Å². The third-order valence-corrected chi connectivity index (χ3v) is 5.74. The highest BCUT2D eigenvalue weighted by Crippen LogP contribution is 2.27. The van der Waals surface area contributed by atoms with E-state index in [2.05, 4.69) is 0 Å².